The molecule has 1 aromatic carbocycles. The summed E-state index contributed by atoms with van der Waals surface area (Å²) >= 11 is 0. The van der Waals surface area contributed by atoms with Gasteiger partial charge in [0, 0.05) is 23.7 Å². The van der Waals surface area contributed by atoms with E-state index in [0.717, 1.165) is 23.1 Å². The third kappa shape index (κ3) is 3.32. The molecule has 4 nitrogen and oxygen atoms in total. The van der Waals surface area contributed by atoms with Crippen LogP contribution in [-0.4, -0.2) is 28.6 Å². The van der Waals surface area contributed by atoms with Gasteiger partial charge < -0.3 is 10.0 Å². The van der Waals surface area contributed by atoms with Crippen LogP contribution in [0.3, 0.4) is 0 Å². The minimum atomic E-state index is -0.991. The summed E-state index contributed by atoms with van der Waals surface area (Å²) in [5.41, 5.74) is 1.77. The molecule has 2 aromatic rings. The zero-order valence-corrected chi connectivity index (χ0v) is 13.0. The van der Waals surface area contributed by atoms with Crippen molar-refractivity contribution in [3.05, 3.63) is 36.0 Å². The molecule has 2 rings (SSSR count). The molecule has 1 heterocycles. The molecule has 112 valence electrons. The summed E-state index contributed by atoms with van der Waals surface area (Å²) in [4.78, 5) is 17.8. The topological polar surface area (TPSA) is 53.4 Å². The number of aromatic carboxylic acids is 1. The van der Waals surface area contributed by atoms with Crippen LogP contribution in [-0.2, 0) is 0 Å². The highest BCUT2D eigenvalue weighted by Crippen LogP contribution is 2.29. The number of pyridine rings is 1. The van der Waals surface area contributed by atoms with Crippen LogP contribution in [0.1, 0.15) is 38.2 Å². The molecule has 21 heavy (non-hydrogen) atoms. The van der Waals surface area contributed by atoms with Crippen molar-refractivity contribution < 1.29 is 9.90 Å². The predicted molar refractivity (Wildman–Crippen MR) is 86.0 cm³/mol. The zero-order valence-electron chi connectivity index (χ0n) is 13.0. The van der Waals surface area contributed by atoms with Crippen molar-refractivity contribution in [2.45, 2.75) is 33.7 Å². The van der Waals surface area contributed by atoms with E-state index in [9.17, 15) is 9.90 Å². The van der Waals surface area contributed by atoms with Crippen LogP contribution in [0.25, 0.3) is 10.9 Å². The number of carboxylic acids is 1. The first-order chi connectivity index (χ1) is 9.90. The molecule has 0 atom stereocenters. The smallest absolute Gasteiger partial charge is 0.354 e. The van der Waals surface area contributed by atoms with Gasteiger partial charge in [-0.2, -0.15) is 0 Å². The van der Waals surface area contributed by atoms with Crippen molar-refractivity contribution in [2.24, 2.45) is 5.92 Å². The number of hydrogen-bond acceptors (Lipinski definition) is 3. The van der Waals surface area contributed by atoms with Crippen molar-refractivity contribution in [2.75, 3.05) is 11.4 Å². The molecule has 0 saturated heterocycles. The van der Waals surface area contributed by atoms with Crippen molar-refractivity contribution in [1.82, 2.24) is 4.98 Å². The Morgan fingerprint density at radius 3 is 2.48 bits per heavy atom. The van der Waals surface area contributed by atoms with Gasteiger partial charge in [-0.3, -0.25) is 0 Å². The van der Waals surface area contributed by atoms with E-state index in [2.05, 4.69) is 37.6 Å². The summed E-state index contributed by atoms with van der Waals surface area (Å²) in [5, 5.41) is 10.3. The van der Waals surface area contributed by atoms with Crippen molar-refractivity contribution >= 4 is 22.6 Å². The minimum absolute atomic E-state index is 0.0955. The average molecular weight is 286 g/mol. The maximum atomic E-state index is 11.3. The first-order valence-electron chi connectivity index (χ1n) is 7.30. The number of anilines is 1. The fourth-order valence-corrected chi connectivity index (χ4v) is 2.48. The Morgan fingerprint density at radius 1 is 1.24 bits per heavy atom. The molecular formula is C17H22N2O2. The van der Waals surface area contributed by atoms with Gasteiger partial charge in [-0.25, -0.2) is 9.78 Å². The largest absolute Gasteiger partial charge is 0.477 e. The Labute approximate surface area is 125 Å². The van der Waals surface area contributed by atoms with E-state index in [1.165, 1.54) is 0 Å². The predicted octanol–water partition coefficient (Wildman–Crippen LogP) is 3.80. The first kappa shape index (κ1) is 15.3. The van der Waals surface area contributed by atoms with Gasteiger partial charge in [-0.15, -0.1) is 0 Å². The second kappa shape index (κ2) is 6.12. The third-order valence-corrected chi connectivity index (χ3v) is 3.41. The van der Waals surface area contributed by atoms with E-state index in [1.807, 2.05) is 24.3 Å². The number of hydrogen-bond donors (Lipinski definition) is 1. The Balaban J connectivity index is 2.66. The number of carboxylic acid groups (broad SMARTS) is 1. The van der Waals surface area contributed by atoms with Gasteiger partial charge in [0.1, 0.15) is 0 Å². The summed E-state index contributed by atoms with van der Waals surface area (Å²) in [6, 6.07) is 9.68. The lowest BCUT2D eigenvalue weighted by molar-refractivity contribution is 0.0691. The van der Waals surface area contributed by atoms with E-state index in [-0.39, 0.29) is 5.69 Å². The molecule has 0 saturated carbocycles. The third-order valence-electron chi connectivity index (χ3n) is 3.41. The molecule has 4 heteroatoms. The number of carbonyl (C=O) groups is 1. The summed E-state index contributed by atoms with van der Waals surface area (Å²) in [6.07, 6.45) is 0. The molecule has 0 spiro atoms. The normalized spacial score (nSPS) is 11.3. The molecule has 0 fully saturated rings. The fourth-order valence-electron chi connectivity index (χ4n) is 2.48. The molecular weight excluding hydrogens is 264 g/mol. The first-order valence-corrected chi connectivity index (χ1v) is 7.30. The van der Waals surface area contributed by atoms with E-state index in [1.54, 1.807) is 6.07 Å². The quantitative estimate of drug-likeness (QED) is 0.908. The Bertz CT molecular complexity index is 650. The summed E-state index contributed by atoms with van der Waals surface area (Å²) < 4.78 is 0. The highest BCUT2D eigenvalue weighted by molar-refractivity contribution is 5.97. The van der Waals surface area contributed by atoms with Crippen LogP contribution in [0.2, 0.25) is 0 Å². The maximum absolute atomic E-state index is 11.3. The molecule has 0 unspecified atom stereocenters. The van der Waals surface area contributed by atoms with Crippen LogP contribution < -0.4 is 4.90 Å². The molecule has 1 aromatic heterocycles. The number of aromatic nitrogens is 1. The molecule has 0 amide bonds. The van der Waals surface area contributed by atoms with Crippen LogP contribution in [0, 0.1) is 5.92 Å². The average Bonchev–Trinajstić information content (AvgIpc) is 2.43. The van der Waals surface area contributed by atoms with Crippen LogP contribution >= 0.6 is 0 Å². The molecule has 0 aliphatic carbocycles. The van der Waals surface area contributed by atoms with Crippen molar-refractivity contribution in [3.8, 4) is 0 Å². The van der Waals surface area contributed by atoms with Crippen molar-refractivity contribution in [3.63, 3.8) is 0 Å². The monoisotopic (exact) mass is 286 g/mol. The number of rotatable bonds is 5. The fraction of sp³-hybridized carbons (Fsp3) is 0.412. The van der Waals surface area contributed by atoms with Crippen molar-refractivity contribution in [1.29, 1.82) is 0 Å². The second-order valence-corrected chi connectivity index (χ2v) is 5.99. The van der Waals surface area contributed by atoms with Gasteiger partial charge in [0.15, 0.2) is 5.69 Å². The van der Waals surface area contributed by atoms with E-state index in [0.29, 0.717) is 12.0 Å². The molecule has 1 N–H and O–H groups in total. The summed E-state index contributed by atoms with van der Waals surface area (Å²) in [6.45, 7) is 9.45. The molecule has 0 radical (unpaired) electrons. The van der Waals surface area contributed by atoms with Gasteiger partial charge in [-0.1, -0.05) is 32.0 Å². The summed E-state index contributed by atoms with van der Waals surface area (Å²) in [5.74, 6) is -0.497. The minimum Gasteiger partial charge on any atom is -0.477 e. The van der Waals surface area contributed by atoms with E-state index >= 15 is 0 Å². The Hall–Kier alpha value is -2.10. The van der Waals surface area contributed by atoms with Crippen LogP contribution in [0.4, 0.5) is 5.69 Å². The van der Waals surface area contributed by atoms with Gasteiger partial charge >= 0.3 is 5.97 Å². The maximum Gasteiger partial charge on any atom is 0.354 e. The van der Waals surface area contributed by atoms with E-state index < -0.39 is 5.97 Å². The molecule has 0 aliphatic rings. The van der Waals surface area contributed by atoms with E-state index in [4.69, 9.17) is 0 Å². The number of fused-ring (bicyclic) bond motifs is 1. The second-order valence-electron chi connectivity index (χ2n) is 5.99. The number of nitrogens with zero attached hydrogens (tertiary/aromatic N) is 2. The van der Waals surface area contributed by atoms with Gasteiger partial charge in [0.2, 0.25) is 0 Å². The lowest BCUT2D eigenvalue weighted by Crippen LogP contribution is -2.34. The van der Waals surface area contributed by atoms with Gasteiger partial charge in [0.05, 0.1) is 5.52 Å². The summed E-state index contributed by atoms with van der Waals surface area (Å²) in [7, 11) is 0. The number of benzene rings is 1. The highest BCUT2D eigenvalue weighted by Gasteiger charge is 2.18. The highest BCUT2D eigenvalue weighted by atomic mass is 16.4. The Kier molecular flexibility index (Phi) is 4.46. The van der Waals surface area contributed by atoms with Crippen LogP contribution in [0.15, 0.2) is 30.3 Å². The van der Waals surface area contributed by atoms with Gasteiger partial charge in [0.25, 0.3) is 0 Å². The lowest BCUT2D eigenvalue weighted by atomic mass is 10.1. The zero-order chi connectivity index (χ0) is 15.6. The SMILES string of the molecule is CC(C)CN(c1cc(C(=O)O)nc2ccccc12)C(C)C. The lowest BCUT2D eigenvalue weighted by Gasteiger charge is -2.32. The molecule has 0 bridgehead atoms. The Morgan fingerprint density at radius 2 is 1.90 bits per heavy atom. The standard InChI is InChI=1S/C17H22N2O2/c1-11(2)10-19(12(3)4)16-9-15(17(20)21)18-14-8-6-5-7-13(14)16/h5-9,11-12H,10H2,1-4H3,(H,20,21). The number of para-hydroxylation sites is 1. The molecule has 0 aliphatic heterocycles. The van der Waals surface area contributed by atoms with Gasteiger partial charge in [-0.05, 0) is 31.9 Å². The van der Waals surface area contributed by atoms with Crippen LogP contribution in [0.5, 0.6) is 0 Å².